The van der Waals surface area contributed by atoms with Crippen LogP contribution >= 0.6 is 35.0 Å². The van der Waals surface area contributed by atoms with E-state index in [-0.39, 0.29) is 5.91 Å². The van der Waals surface area contributed by atoms with Crippen LogP contribution in [0.1, 0.15) is 5.56 Å². The topological polar surface area (TPSA) is 71.8 Å². The number of carbonyl (C=O) groups excluding carboxylic acids is 1. The van der Waals surface area contributed by atoms with Gasteiger partial charge < -0.3 is 14.6 Å². The maximum atomic E-state index is 12.5. The first-order chi connectivity index (χ1) is 16.1. The molecule has 1 N–H and O–H groups in total. The predicted octanol–water partition coefficient (Wildman–Crippen LogP) is 4.76. The number of imidazole rings is 1. The van der Waals surface area contributed by atoms with Gasteiger partial charge in [-0.1, -0.05) is 35.3 Å². The summed E-state index contributed by atoms with van der Waals surface area (Å²) in [5.41, 5.74) is 3.41. The SMILES string of the molecule is O=C1N=C(Nc2c(Cl)cccc2Cl)SC1=Cc1ccc2ncn(CCN3CCOCC3)c2c1. The molecule has 1 fully saturated rings. The van der Waals surface area contributed by atoms with Crippen LogP contribution < -0.4 is 5.32 Å². The second-order valence-electron chi connectivity index (χ2n) is 7.69. The lowest BCUT2D eigenvalue weighted by molar-refractivity contribution is -0.113. The monoisotopic (exact) mass is 501 g/mol. The third kappa shape index (κ3) is 5.10. The van der Waals surface area contributed by atoms with Crippen molar-refractivity contribution in [1.82, 2.24) is 14.5 Å². The lowest BCUT2D eigenvalue weighted by Crippen LogP contribution is -2.38. The number of benzene rings is 2. The van der Waals surface area contributed by atoms with E-state index in [1.807, 2.05) is 24.5 Å². The lowest BCUT2D eigenvalue weighted by atomic mass is 10.2. The molecule has 0 atom stereocenters. The summed E-state index contributed by atoms with van der Waals surface area (Å²) in [5.74, 6) is -0.299. The Kier molecular flexibility index (Phi) is 6.71. The van der Waals surface area contributed by atoms with Crippen molar-refractivity contribution in [3.05, 3.63) is 63.2 Å². The summed E-state index contributed by atoms with van der Waals surface area (Å²) in [4.78, 5) is 24.0. The van der Waals surface area contributed by atoms with Gasteiger partial charge in [-0.15, -0.1) is 0 Å². The number of para-hydroxylation sites is 1. The van der Waals surface area contributed by atoms with E-state index in [4.69, 9.17) is 27.9 Å². The molecular weight excluding hydrogens is 481 g/mol. The van der Waals surface area contributed by atoms with Crippen LogP contribution in [0.25, 0.3) is 17.1 Å². The quantitative estimate of drug-likeness (QED) is 0.508. The fraction of sp³-hybridized carbons (Fsp3) is 0.261. The van der Waals surface area contributed by atoms with Gasteiger partial charge in [0, 0.05) is 26.2 Å². The molecule has 1 amide bonds. The van der Waals surface area contributed by atoms with Crippen LogP contribution in [0.5, 0.6) is 0 Å². The number of anilines is 1. The Labute approximate surface area is 205 Å². The van der Waals surface area contributed by atoms with Crippen molar-refractivity contribution in [3.8, 4) is 0 Å². The molecule has 0 spiro atoms. The lowest BCUT2D eigenvalue weighted by Gasteiger charge is -2.26. The molecule has 10 heteroatoms. The molecule has 1 aromatic heterocycles. The van der Waals surface area contributed by atoms with Gasteiger partial charge in [-0.3, -0.25) is 9.69 Å². The van der Waals surface area contributed by atoms with E-state index < -0.39 is 0 Å². The molecule has 170 valence electrons. The second kappa shape index (κ2) is 9.87. The minimum atomic E-state index is -0.299. The number of nitrogens with zero attached hydrogens (tertiary/aromatic N) is 4. The standard InChI is InChI=1S/C23H21Cl2N5O2S/c24-16-2-1-3-17(25)21(16)27-23-28-22(31)20(33-23)13-15-4-5-18-19(12-15)30(14-26-18)7-6-29-8-10-32-11-9-29/h1-5,12-14H,6-11H2,(H,27,28,31). The fourth-order valence-corrected chi connectivity index (χ4v) is 5.06. The molecule has 0 radical (unpaired) electrons. The van der Waals surface area contributed by atoms with Crippen molar-refractivity contribution in [1.29, 1.82) is 0 Å². The van der Waals surface area contributed by atoms with Crippen LogP contribution in [-0.4, -0.2) is 58.4 Å². The minimum Gasteiger partial charge on any atom is -0.379 e. The highest BCUT2D eigenvalue weighted by Gasteiger charge is 2.23. The molecule has 3 heterocycles. The molecule has 3 aromatic rings. The van der Waals surface area contributed by atoms with Gasteiger partial charge >= 0.3 is 0 Å². The summed E-state index contributed by atoms with van der Waals surface area (Å²) < 4.78 is 7.58. The van der Waals surface area contributed by atoms with Crippen LogP contribution in [0.3, 0.4) is 0 Å². The van der Waals surface area contributed by atoms with Gasteiger partial charge in [0.15, 0.2) is 5.17 Å². The van der Waals surface area contributed by atoms with E-state index >= 15 is 0 Å². The van der Waals surface area contributed by atoms with E-state index in [0.29, 0.717) is 25.8 Å². The van der Waals surface area contributed by atoms with Crippen molar-refractivity contribution < 1.29 is 9.53 Å². The van der Waals surface area contributed by atoms with Crippen molar-refractivity contribution in [2.75, 3.05) is 38.2 Å². The maximum Gasteiger partial charge on any atom is 0.286 e. The van der Waals surface area contributed by atoms with Crippen molar-refractivity contribution in [3.63, 3.8) is 0 Å². The van der Waals surface area contributed by atoms with Crippen LogP contribution in [0.15, 0.2) is 52.6 Å². The number of amides is 1. The van der Waals surface area contributed by atoms with Gasteiger partial charge in [0.25, 0.3) is 5.91 Å². The molecule has 5 rings (SSSR count). The Bertz CT molecular complexity index is 1250. The highest BCUT2D eigenvalue weighted by atomic mass is 35.5. The number of rotatable bonds is 5. The Balaban J connectivity index is 1.31. The van der Waals surface area contributed by atoms with Gasteiger partial charge in [-0.05, 0) is 47.7 Å². The number of fused-ring (bicyclic) bond motifs is 1. The van der Waals surface area contributed by atoms with Crippen molar-refractivity contribution in [2.24, 2.45) is 4.99 Å². The van der Waals surface area contributed by atoms with Gasteiger partial charge in [0.05, 0.1) is 51.2 Å². The zero-order chi connectivity index (χ0) is 22.8. The number of aliphatic imine (C=N–C) groups is 1. The van der Waals surface area contributed by atoms with Crippen LogP contribution in [0, 0.1) is 0 Å². The number of carbonyl (C=O) groups is 1. The van der Waals surface area contributed by atoms with E-state index in [2.05, 4.69) is 30.8 Å². The van der Waals surface area contributed by atoms with Gasteiger partial charge in [-0.2, -0.15) is 4.99 Å². The van der Waals surface area contributed by atoms with E-state index in [1.54, 1.807) is 18.2 Å². The average molecular weight is 502 g/mol. The number of aromatic nitrogens is 2. The zero-order valence-electron chi connectivity index (χ0n) is 17.6. The number of nitrogens with one attached hydrogen (secondary N) is 1. The summed E-state index contributed by atoms with van der Waals surface area (Å²) in [5, 5.41) is 4.44. The van der Waals surface area contributed by atoms with Gasteiger partial charge in [0.1, 0.15) is 0 Å². The first-order valence-corrected chi connectivity index (χ1v) is 12.1. The highest BCUT2D eigenvalue weighted by molar-refractivity contribution is 8.18. The number of ether oxygens (including phenoxy) is 1. The third-order valence-corrected chi connectivity index (χ3v) is 7.05. The summed E-state index contributed by atoms with van der Waals surface area (Å²) in [7, 11) is 0. The van der Waals surface area contributed by atoms with Crippen molar-refractivity contribution >= 4 is 68.8 Å². The number of morpholine rings is 1. The van der Waals surface area contributed by atoms with E-state index in [0.717, 1.165) is 56.0 Å². The van der Waals surface area contributed by atoms with E-state index in [9.17, 15) is 4.79 Å². The number of hydrogen-bond acceptors (Lipinski definition) is 6. The number of hydrogen-bond donors (Lipinski definition) is 1. The molecule has 2 aromatic carbocycles. The molecule has 0 unspecified atom stereocenters. The summed E-state index contributed by atoms with van der Waals surface area (Å²) >= 11 is 13.7. The highest BCUT2D eigenvalue weighted by Crippen LogP contribution is 2.34. The van der Waals surface area contributed by atoms with Gasteiger partial charge in [-0.25, -0.2) is 4.98 Å². The normalized spacial score (nSPS) is 18.3. The Hall–Kier alpha value is -2.36. The van der Waals surface area contributed by atoms with Gasteiger partial charge in [0.2, 0.25) is 0 Å². The largest absolute Gasteiger partial charge is 0.379 e. The molecule has 2 aliphatic heterocycles. The summed E-state index contributed by atoms with van der Waals surface area (Å²) in [6.45, 7) is 5.28. The Morgan fingerprint density at radius 3 is 2.70 bits per heavy atom. The number of amidine groups is 1. The Morgan fingerprint density at radius 2 is 1.91 bits per heavy atom. The predicted molar refractivity (Wildman–Crippen MR) is 135 cm³/mol. The van der Waals surface area contributed by atoms with Crippen LogP contribution in [-0.2, 0) is 16.1 Å². The van der Waals surface area contributed by atoms with Crippen LogP contribution in [0.4, 0.5) is 5.69 Å². The Morgan fingerprint density at radius 1 is 1.12 bits per heavy atom. The van der Waals surface area contributed by atoms with E-state index in [1.165, 1.54) is 11.8 Å². The molecule has 1 saturated heterocycles. The molecule has 0 bridgehead atoms. The number of halogens is 2. The molecular formula is C23H21Cl2N5O2S. The second-order valence-corrected chi connectivity index (χ2v) is 9.54. The minimum absolute atomic E-state index is 0.299. The number of thioether (sulfide) groups is 1. The third-order valence-electron chi connectivity index (χ3n) is 5.52. The van der Waals surface area contributed by atoms with Crippen LogP contribution in [0.2, 0.25) is 10.0 Å². The molecule has 7 nitrogen and oxygen atoms in total. The summed E-state index contributed by atoms with van der Waals surface area (Å²) in [6.07, 6.45) is 3.72. The molecule has 0 saturated carbocycles. The first-order valence-electron chi connectivity index (χ1n) is 10.6. The maximum absolute atomic E-state index is 12.5. The average Bonchev–Trinajstić information content (AvgIpc) is 3.38. The fourth-order valence-electron chi connectivity index (χ4n) is 3.75. The molecule has 0 aliphatic carbocycles. The van der Waals surface area contributed by atoms with Crippen molar-refractivity contribution in [2.45, 2.75) is 6.54 Å². The molecule has 33 heavy (non-hydrogen) atoms. The zero-order valence-corrected chi connectivity index (χ0v) is 20.0. The first kappa shape index (κ1) is 22.4. The smallest absolute Gasteiger partial charge is 0.286 e. The molecule has 2 aliphatic rings. The summed E-state index contributed by atoms with van der Waals surface area (Å²) in [6, 6.07) is 11.2.